The summed E-state index contributed by atoms with van der Waals surface area (Å²) in [7, 11) is -9.33. The van der Waals surface area contributed by atoms with Crippen LogP contribution < -0.4 is 0 Å². The Morgan fingerprint density at radius 1 is 0.944 bits per heavy atom. The number of benzene rings is 2. The van der Waals surface area contributed by atoms with Gasteiger partial charge in [0.15, 0.2) is 15.6 Å². The van der Waals surface area contributed by atoms with Crippen LogP contribution in [-0.4, -0.2) is 33.1 Å². The molecule has 0 saturated heterocycles. The molecule has 6 nitrogen and oxygen atoms in total. The Kier molecular flexibility index (Phi) is 5.75. The zero-order chi connectivity index (χ0) is 25.9. The summed E-state index contributed by atoms with van der Waals surface area (Å²) < 4.78 is 94.1. The molecule has 0 unspecified atom stereocenters. The maximum absolute atomic E-state index is 13.0. The molecule has 5 rings (SSSR count). The maximum atomic E-state index is 13.0. The van der Waals surface area contributed by atoms with Gasteiger partial charge in [0.05, 0.1) is 15.5 Å². The van der Waals surface area contributed by atoms with Crippen LogP contribution in [0.4, 0.5) is 13.2 Å². The number of nitrogens with zero attached hydrogens (tertiary/aromatic N) is 1. The molecule has 1 saturated carbocycles. The molecule has 0 radical (unpaired) electrons. The molecular weight excluding hydrogens is 515 g/mol. The molecule has 2 aromatic carbocycles. The summed E-state index contributed by atoms with van der Waals surface area (Å²) in [5.41, 5.74) is -2.76. The van der Waals surface area contributed by atoms with Crippen molar-refractivity contribution in [3.63, 3.8) is 0 Å². The van der Waals surface area contributed by atoms with E-state index in [0.717, 1.165) is 36.6 Å². The molecule has 11 heteroatoms. The first-order valence-electron chi connectivity index (χ1n) is 11.1. The lowest BCUT2D eigenvalue weighted by molar-refractivity contribution is -0.0435. The monoisotopic (exact) mass is 535 g/mol. The maximum Gasteiger partial charge on any atom is 0.501 e. The number of alkyl halides is 3. The molecule has 4 aromatic rings. The number of halogens is 3. The molecule has 0 spiro atoms. The van der Waals surface area contributed by atoms with Crippen molar-refractivity contribution in [1.29, 1.82) is 0 Å². The molecule has 1 aliphatic carbocycles. The quantitative estimate of drug-likeness (QED) is 0.295. The first-order chi connectivity index (χ1) is 16.9. The summed E-state index contributed by atoms with van der Waals surface area (Å²) in [5, 5.41) is 0.0664. The fraction of sp³-hybridized carbons (Fsp3) is 0.240. The topological polar surface area (TPSA) is 94.3 Å². The number of hydrogen-bond acceptors (Lipinski definition) is 6. The van der Waals surface area contributed by atoms with Gasteiger partial charge in [-0.1, -0.05) is 31.2 Å². The van der Waals surface area contributed by atoms with Gasteiger partial charge in [-0.2, -0.15) is 13.2 Å². The van der Waals surface area contributed by atoms with Gasteiger partial charge >= 0.3 is 5.51 Å². The highest BCUT2D eigenvalue weighted by molar-refractivity contribution is 7.92. The fourth-order valence-electron chi connectivity index (χ4n) is 3.98. The first kappa shape index (κ1) is 24.5. The van der Waals surface area contributed by atoms with Crippen molar-refractivity contribution in [2.45, 2.75) is 41.0 Å². The van der Waals surface area contributed by atoms with Crippen LogP contribution in [0.1, 0.15) is 31.2 Å². The molecule has 0 N–H and O–H groups in total. The molecule has 0 aliphatic heterocycles. The minimum atomic E-state index is -5.55. The number of hydrogen-bond donors (Lipinski definition) is 0. The Morgan fingerprint density at radius 2 is 1.64 bits per heavy atom. The van der Waals surface area contributed by atoms with E-state index in [1.54, 1.807) is 0 Å². The molecule has 0 bridgehead atoms. The molecule has 2 heterocycles. The zero-order valence-electron chi connectivity index (χ0n) is 18.9. The van der Waals surface area contributed by atoms with E-state index < -0.39 is 30.1 Å². The summed E-state index contributed by atoms with van der Waals surface area (Å²) in [6, 6.07) is 13.4. The lowest BCUT2D eigenvalue weighted by Gasteiger charge is -2.10. The number of sulfone groups is 2. The Hall–Kier alpha value is -3.18. The largest absolute Gasteiger partial charge is 0.501 e. The first-order valence-corrected chi connectivity index (χ1v) is 14.2. The summed E-state index contributed by atoms with van der Waals surface area (Å²) in [6.07, 6.45) is 3.83. The van der Waals surface area contributed by atoms with E-state index in [2.05, 4.69) is 4.98 Å². The second kappa shape index (κ2) is 8.45. The van der Waals surface area contributed by atoms with Crippen molar-refractivity contribution in [2.75, 3.05) is 5.75 Å². The normalized spacial score (nSPS) is 14.9. The smallest absolute Gasteiger partial charge is 0.454 e. The minimum absolute atomic E-state index is 0.00536. The van der Waals surface area contributed by atoms with Crippen molar-refractivity contribution < 1.29 is 34.4 Å². The third-order valence-electron chi connectivity index (χ3n) is 6.20. The number of aromatic nitrogens is 1. The molecule has 188 valence electrons. The van der Waals surface area contributed by atoms with E-state index in [1.165, 1.54) is 30.8 Å². The van der Waals surface area contributed by atoms with Crippen LogP contribution >= 0.6 is 0 Å². The lowest BCUT2D eigenvalue weighted by Crippen LogP contribution is -2.23. The standard InChI is InChI=1S/C25H20F3NO5S2/c1-2-35(30,31)23-13-19(17-7-5-16(6-8-17)15-3-4-15)14-29-24(23)22-12-18-11-20(9-10-21(18)34-22)36(32,33)25(26,27)28/h5-15H,2-4H2,1H3. The Morgan fingerprint density at radius 3 is 2.25 bits per heavy atom. The third-order valence-corrected chi connectivity index (χ3v) is 9.42. The van der Waals surface area contributed by atoms with Crippen LogP contribution in [0, 0.1) is 0 Å². The van der Waals surface area contributed by atoms with Crippen LogP contribution in [0.5, 0.6) is 0 Å². The number of furan rings is 1. The predicted octanol–water partition coefficient (Wildman–Crippen LogP) is 6.13. The average molecular weight is 536 g/mol. The van der Waals surface area contributed by atoms with Gasteiger partial charge in [-0.15, -0.1) is 0 Å². The van der Waals surface area contributed by atoms with Crippen molar-refractivity contribution in [3.8, 4) is 22.6 Å². The van der Waals surface area contributed by atoms with Crippen LogP contribution in [0.25, 0.3) is 33.6 Å². The van der Waals surface area contributed by atoms with Crippen molar-refractivity contribution in [1.82, 2.24) is 4.98 Å². The third kappa shape index (κ3) is 4.30. The van der Waals surface area contributed by atoms with Gasteiger partial charge in [-0.05, 0) is 60.2 Å². The molecule has 2 aromatic heterocycles. The predicted molar refractivity (Wildman–Crippen MR) is 128 cm³/mol. The zero-order valence-corrected chi connectivity index (χ0v) is 20.5. The molecule has 1 fully saturated rings. The second-order valence-electron chi connectivity index (χ2n) is 8.63. The molecule has 1 aliphatic rings. The van der Waals surface area contributed by atoms with Gasteiger partial charge in [0, 0.05) is 17.1 Å². The molecule has 0 amide bonds. The molecule has 0 atom stereocenters. The van der Waals surface area contributed by atoms with Gasteiger partial charge < -0.3 is 4.42 Å². The molecule has 36 heavy (non-hydrogen) atoms. The number of rotatable bonds is 6. The van der Waals surface area contributed by atoms with E-state index in [1.807, 2.05) is 24.3 Å². The fourth-order valence-corrected chi connectivity index (χ4v) is 5.85. The Labute approximate surface area is 205 Å². The lowest BCUT2D eigenvalue weighted by atomic mass is 10.0. The summed E-state index contributed by atoms with van der Waals surface area (Å²) >= 11 is 0. The number of fused-ring (bicyclic) bond motifs is 1. The average Bonchev–Trinajstić information content (AvgIpc) is 3.61. The number of pyridine rings is 1. The highest BCUT2D eigenvalue weighted by Gasteiger charge is 2.47. The van der Waals surface area contributed by atoms with Gasteiger partial charge in [-0.25, -0.2) is 16.8 Å². The van der Waals surface area contributed by atoms with E-state index in [9.17, 15) is 30.0 Å². The SMILES string of the molecule is CCS(=O)(=O)c1cc(-c2ccc(C3CC3)cc2)cnc1-c1cc2cc(S(=O)(=O)C(F)(F)F)ccc2o1. The van der Waals surface area contributed by atoms with E-state index in [0.29, 0.717) is 11.5 Å². The van der Waals surface area contributed by atoms with Gasteiger partial charge in [-0.3, -0.25) is 4.98 Å². The van der Waals surface area contributed by atoms with E-state index in [4.69, 9.17) is 4.42 Å². The highest BCUT2D eigenvalue weighted by Crippen LogP contribution is 2.41. The van der Waals surface area contributed by atoms with Crippen LogP contribution in [0.2, 0.25) is 0 Å². The Balaban J connectivity index is 1.60. The summed E-state index contributed by atoms with van der Waals surface area (Å²) in [6.45, 7) is 1.49. The second-order valence-corrected chi connectivity index (χ2v) is 12.8. The highest BCUT2D eigenvalue weighted by atomic mass is 32.2. The van der Waals surface area contributed by atoms with E-state index in [-0.39, 0.29) is 33.1 Å². The minimum Gasteiger partial charge on any atom is -0.454 e. The Bertz CT molecular complexity index is 1690. The van der Waals surface area contributed by atoms with Gasteiger partial charge in [0.25, 0.3) is 9.84 Å². The van der Waals surface area contributed by atoms with Crippen molar-refractivity contribution in [3.05, 3.63) is 66.4 Å². The molecular formula is C25H20F3NO5S2. The van der Waals surface area contributed by atoms with Crippen LogP contribution in [0.3, 0.4) is 0 Å². The van der Waals surface area contributed by atoms with Gasteiger partial charge in [0.2, 0.25) is 0 Å². The summed E-state index contributed by atoms with van der Waals surface area (Å²) in [4.78, 5) is 3.32. The summed E-state index contributed by atoms with van der Waals surface area (Å²) in [5.74, 6) is 0.365. The van der Waals surface area contributed by atoms with Crippen molar-refractivity contribution >= 4 is 30.6 Å². The van der Waals surface area contributed by atoms with E-state index >= 15 is 0 Å². The van der Waals surface area contributed by atoms with Crippen molar-refractivity contribution in [2.24, 2.45) is 0 Å². The van der Waals surface area contributed by atoms with Gasteiger partial charge in [0.1, 0.15) is 11.3 Å². The van der Waals surface area contributed by atoms with Crippen LogP contribution in [-0.2, 0) is 19.7 Å². The van der Waals surface area contributed by atoms with Crippen LogP contribution in [0.15, 0.2) is 75.0 Å².